The van der Waals surface area contributed by atoms with Crippen molar-refractivity contribution in [1.29, 1.82) is 0 Å². The van der Waals surface area contributed by atoms with Crippen LogP contribution in [0.1, 0.15) is 37.0 Å². The smallest absolute Gasteiger partial charge is 0.335 e. The SMILES string of the molecule is CCCN1C(=O)C(CC)Oc2cc(C(=O)O)ccc21. The van der Waals surface area contributed by atoms with Crippen LogP contribution in [0.15, 0.2) is 18.2 Å². The van der Waals surface area contributed by atoms with E-state index in [0.29, 0.717) is 24.4 Å². The minimum absolute atomic E-state index is 0.0556. The van der Waals surface area contributed by atoms with Gasteiger partial charge in [-0.2, -0.15) is 0 Å². The number of carbonyl (C=O) groups is 2. The number of carbonyl (C=O) groups excluding carboxylic acids is 1. The van der Waals surface area contributed by atoms with Gasteiger partial charge in [0.05, 0.1) is 11.3 Å². The van der Waals surface area contributed by atoms with E-state index in [2.05, 4.69) is 0 Å². The molecule has 1 aliphatic rings. The monoisotopic (exact) mass is 263 g/mol. The lowest BCUT2D eigenvalue weighted by molar-refractivity contribution is -0.126. The van der Waals surface area contributed by atoms with Gasteiger partial charge in [-0.1, -0.05) is 13.8 Å². The number of aromatic carboxylic acids is 1. The van der Waals surface area contributed by atoms with Gasteiger partial charge in [0.25, 0.3) is 5.91 Å². The molecule has 0 saturated carbocycles. The number of carboxylic acid groups (broad SMARTS) is 1. The maximum Gasteiger partial charge on any atom is 0.335 e. The molecule has 1 heterocycles. The van der Waals surface area contributed by atoms with Crippen molar-refractivity contribution >= 4 is 17.6 Å². The number of fused-ring (bicyclic) bond motifs is 1. The number of ether oxygens (including phenoxy) is 1. The standard InChI is InChI=1S/C14H17NO4/c1-3-7-15-10-6-5-9(14(17)18)8-12(10)19-11(4-2)13(15)16/h5-6,8,11H,3-4,7H2,1-2H3,(H,17,18). The molecule has 1 atom stereocenters. The topological polar surface area (TPSA) is 66.8 Å². The normalized spacial score (nSPS) is 17.9. The van der Waals surface area contributed by atoms with E-state index >= 15 is 0 Å². The molecule has 1 N–H and O–H groups in total. The van der Waals surface area contributed by atoms with Crippen molar-refractivity contribution in [2.75, 3.05) is 11.4 Å². The number of amides is 1. The van der Waals surface area contributed by atoms with Gasteiger partial charge < -0.3 is 14.7 Å². The zero-order chi connectivity index (χ0) is 14.0. The highest BCUT2D eigenvalue weighted by atomic mass is 16.5. The molecule has 5 heteroatoms. The zero-order valence-corrected chi connectivity index (χ0v) is 11.0. The largest absolute Gasteiger partial charge is 0.478 e. The molecule has 1 aromatic rings. The summed E-state index contributed by atoms with van der Waals surface area (Å²) in [5.74, 6) is -0.585. The molecule has 1 aromatic carbocycles. The summed E-state index contributed by atoms with van der Waals surface area (Å²) < 4.78 is 5.61. The van der Waals surface area contributed by atoms with Crippen molar-refractivity contribution in [3.8, 4) is 5.75 Å². The molecule has 0 aromatic heterocycles. The predicted octanol–water partition coefficient (Wildman–Crippen LogP) is 2.30. The number of nitrogens with zero attached hydrogens (tertiary/aromatic N) is 1. The number of hydrogen-bond donors (Lipinski definition) is 1. The first-order valence-electron chi connectivity index (χ1n) is 6.43. The number of benzene rings is 1. The first-order valence-corrected chi connectivity index (χ1v) is 6.43. The highest BCUT2D eigenvalue weighted by molar-refractivity contribution is 6.01. The van der Waals surface area contributed by atoms with Crippen LogP contribution in [0.3, 0.4) is 0 Å². The van der Waals surface area contributed by atoms with Crippen LogP contribution in [-0.2, 0) is 4.79 Å². The average Bonchev–Trinajstić information content (AvgIpc) is 2.41. The Balaban J connectivity index is 2.45. The molecule has 5 nitrogen and oxygen atoms in total. The molecular formula is C14H17NO4. The van der Waals surface area contributed by atoms with E-state index < -0.39 is 12.1 Å². The van der Waals surface area contributed by atoms with Crippen LogP contribution >= 0.6 is 0 Å². The molecule has 0 radical (unpaired) electrons. The lowest BCUT2D eigenvalue weighted by Gasteiger charge is -2.34. The molecule has 0 bridgehead atoms. The van der Waals surface area contributed by atoms with Crippen molar-refractivity contribution in [2.24, 2.45) is 0 Å². The Labute approximate surface area is 111 Å². The summed E-state index contributed by atoms with van der Waals surface area (Å²) >= 11 is 0. The van der Waals surface area contributed by atoms with Crippen LogP contribution in [-0.4, -0.2) is 29.6 Å². The summed E-state index contributed by atoms with van der Waals surface area (Å²) in [5, 5.41) is 8.99. The molecule has 1 unspecified atom stereocenters. The minimum Gasteiger partial charge on any atom is -0.478 e. The summed E-state index contributed by atoms with van der Waals surface area (Å²) in [4.78, 5) is 24.9. The highest BCUT2D eigenvalue weighted by Gasteiger charge is 2.33. The first kappa shape index (κ1) is 13.4. The Morgan fingerprint density at radius 1 is 1.42 bits per heavy atom. The van der Waals surface area contributed by atoms with Gasteiger partial charge in [0, 0.05) is 6.54 Å². The molecular weight excluding hydrogens is 246 g/mol. The molecule has 2 rings (SSSR count). The lowest BCUT2D eigenvalue weighted by atomic mass is 10.1. The van der Waals surface area contributed by atoms with E-state index in [1.807, 2.05) is 13.8 Å². The first-order chi connectivity index (χ1) is 9.08. The zero-order valence-electron chi connectivity index (χ0n) is 11.0. The fourth-order valence-electron chi connectivity index (χ4n) is 2.17. The van der Waals surface area contributed by atoms with Crippen molar-refractivity contribution in [3.63, 3.8) is 0 Å². The highest BCUT2D eigenvalue weighted by Crippen LogP contribution is 2.35. The average molecular weight is 263 g/mol. The molecule has 0 saturated heterocycles. The maximum absolute atomic E-state index is 12.2. The van der Waals surface area contributed by atoms with Crippen molar-refractivity contribution in [3.05, 3.63) is 23.8 Å². The Bertz CT molecular complexity index is 512. The van der Waals surface area contributed by atoms with Gasteiger partial charge in [0.2, 0.25) is 0 Å². The van der Waals surface area contributed by atoms with Crippen molar-refractivity contribution in [2.45, 2.75) is 32.8 Å². The van der Waals surface area contributed by atoms with E-state index in [1.165, 1.54) is 12.1 Å². The second-order valence-corrected chi connectivity index (χ2v) is 4.49. The Hall–Kier alpha value is -2.04. The molecule has 1 amide bonds. The Morgan fingerprint density at radius 3 is 2.74 bits per heavy atom. The van der Waals surface area contributed by atoms with Gasteiger partial charge in [-0.15, -0.1) is 0 Å². The second kappa shape index (κ2) is 5.30. The van der Waals surface area contributed by atoms with Gasteiger partial charge in [-0.25, -0.2) is 4.79 Å². The van der Waals surface area contributed by atoms with Gasteiger partial charge in [-0.3, -0.25) is 4.79 Å². The fraction of sp³-hybridized carbons (Fsp3) is 0.429. The number of anilines is 1. The third-order valence-corrected chi connectivity index (χ3v) is 3.13. The van der Waals surface area contributed by atoms with E-state index in [-0.39, 0.29) is 11.5 Å². The quantitative estimate of drug-likeness (QED) is 0.905. The summed E-state index contributed by atoms with van der Waals surface area (Å²) in [6.07, 6.45) is 0.876. The maximum atomic E-state index is 12.2. The molecule has 0 spiro atoms. The summed E-state index contributed by atoms with van der Waals surface area (Å²) in [5.41, 5.74) is 0.820. The van der Waals surface area contributed by atoms with Crippen molar-refractivity contribution < 1.29 is 19.4 Å². The Morgan fingerprint density at radius 2 is 2.16 bits per heavy atom. The van der Waals surface area contributed by atoms with Crippen LogP contribution in [0.5, 0.6) is 5.75 Å². The van der Waals surface area contributed by atoms with Crippen LogP contribution in [0.4, 0.5) is 5.69 Å². The fourth-order valence-corrected chi connectivity index (χ4v) is 2.17. The number of carboxylic acids is 1. The molecule has 102 valence electrons. The van der Waals surface area contributed by atoms with Gasteiger partial charge in [0.1, 0.15) is 5.75 Å². The summed E-state index contributed by atoms with van der Waals surface area (Å²) in [7, 11) is 0. The third-order valence-electron chi connectivity index (χ3n) is 3.13. The number of hydrogen-bond acceptors (Lipinski definition) is 3. The molecule has 1 aliphatic heterocycles. The molecule has 19 heavy (non-hydrogen) atoms. The van der Waals surface area contributed by atoms with Crippen LogP contribution in [0, 0.1) is 0 Å². The predicted molar refractivity (Wildman–Crippen MR) is 70.8 cm³/mol. The van der Waals surface area contributed by atoms with E-state index in [4.69, 9.17) is 9.84 Å². The van der Waals surface area contributed by atoms with E-state index in [0.717, 1.165) is 6.42 Å². The summed E-state index contributed by atoms with van der Waals surface area (Å²) in [6, 6.07) is 4.61. The molecule has 0 fully saturated rings. The van der Waals surface area contributed by atoms with E-state index in [1.54, 1.807) is 11.0 Å². The van der Waals surface area contributed by atoms with Crippen LogP contribution < -0.4 is 9.64 Å². The Kier molecular flexibility index (Phi) is 3.74. The van der Waals surface area contributed by atoms with E-state index in [9.17, 15) is 9.59 Å². The lowest BCUT2D eigenvalue weighted by Crippen LogP contribution is -2.46. The number of rotatable bonds is 4. The van der Waals surface area contributed by atoms with Crippen LogP contribution in [0.25, 0.3) is 0 Å². The van der Waals surface area contributed by atoms with Crippen molar-refractivity contribution in [1.82, 2.24) is 0 Å². The van der Waals surface area contributed by atoms with Crippen LogP contribution in [0.2, 0.25) is 0 Å². The van der Waals surface area contributed by atoms with Gasteiger partial charge >= 0.3 is 5.97 Å². The second-order valence-electron chi connectivity index (χ2n) is 4.49. The minimum atomic E-state index is -1.00. The van der Waals surface area contributed by atoms with Gasteiger partial charge in [0.15, 0.2) is 6.10 Å². The third kappa shape index (κ3) is 2.41. The molecule has 0 aliphatic carbocycles. The van der Waals surface area contributed by atoms with Gasteiger partial charge in [-0.05, 0) is 31.0 Å². The summed E-state index contributed by atoms with van der Waals surface area (Å²) in [6.45, 7) is 4.48.